The number of thioether (sulfide) groups is 1. The highest BCUT2D eigenvalue weighted by Gasteiger charge is 2.35. The van der Waals surface area contributed by atoms with Crippen LogP contribution in [0.1, 0.15) is 6.42 Å². The van der Waals surface area contributed by atoms with Crippen LogP contribution in [0.2, 0.25) is 0 Å². The molecule has 4 nitrogen and oxygen atoms in total. The van der Waals surface area contributed by atoms with E-state index in [1.807, 2.05) is 0 Å². The third kappa shape index (κ3) is 3.26. The molecule has 1 heterocycles. The lowest BCUT2D eigenvalue weighted by Crippen LogP contribution is -2.38. The molecule has 1 N–H and O–H groups in total. The van der Waals surface area contributed by atoms with Gasteiger partial charge in [-0.2, -0.15) is 0 Å². The number of amides is 2. The van der Waals surface area contributed by atoms with Gasteiger partial charge in [-0.1, -0.05) is 5.92 Å². The third-order valence-electron chi connectivity index (χ3n) is 2.20. The van der Waals surface area contributed by atoms with Crippen molar-refractivity contribution < 1.29 is 9.59 Å². The Morgan fingerprint density at radius 2 is 2.40 bits per heavy atom. The molecule has 0 saturated carbocycles. The number of hydrogen-bond acceptors (Lipinski definition) is 4. The average molecular weight is 226 g/mol. The number of imide groups is 1. The van der Waals surface area contributed by atoms with Crippen molar-refractivity contribution in [3.05, 3.63) is 0 Å². The average Bonchev–Trinajstić information content (AvgIpc) is 2.46. The summed E-state index contributed by atoms with van der Waals surface area (Å²) in [6.45, 7) is 0.698. The Labute approximate surface area is 93.8 Å². The normalized spacial score (nSPS) is 20.8. The summed E-state index contributed by atoms with van der Waals surface area (Å²) in [5, 5.41) is 3.05. The molecule has 82 valence electrons. The maximum absolute atomic E-state index is 11.4. The number of nitrogens with zero attached hydrogens (tertiary/aromatic N) is 1. The SMILES string of the molecule is C#CCSCCNC1CC(=O)N(C)C1=O. The second-order valence-corrected chi connectivity index (χ2v) is 4.36. The van der Waals surface area contributed by atoms with Gasteiger partial charge in [0.25, 0.3) is 0 Å². The highest BCUT2D eigenvalue weighted by Crippen LogP contribution is 2.10. The molecule has 5 heteroatoms. The largest absolute Gasteiger partial charge is 0.305 e. The fourth-order valence-corrected chi connectivity index (χ4v) is 1.88. The molecule has 0 aliphatic carbocycles. The molecule has 1 atom stereocenters. The number of terminal acetylenes is 1. The van der Waals surface area contributed by atoms with E-state index in [1.54, 1.807) is 11.8 Å². The van der Waals surface area contributed by atoms with Crippen LogP contribution in [0.25, 0.3) is 0 Å². The molecular formula is C10H14N2O2S. The highest BCUT2D eigenvalue weighted by atomic mass is 32.2. The molecule has 0 spiro atoms. The summed E-state index contributed by atoms with van der Waals surface area (Å²) in [6.07, 6.45) is 5.37. The van der Waals surface area contributed by atoms with E-state index < -0.39 is 0 Å². The number of likely N-dealkylation sites (N-methyl/N-ethyl adjacent to an activating group) is 1. The molecule has 0 aromatic carbocycles. The van der Waals surface area contributed by atoms with Crippen LogP contribution < -0.4 is 5.32 Å². The van der Waals surface area contributed by atoms with Crippen LogP contribution in [0.5, 0.6) is 0 Å². The van der Waals surface area contributed by atoms with Gasteiger partial charge in [-0.3, -0.25) is 14.5 Å². The zero-order chi connectivity index (χ0) is 11.3. The number of hydrogen-bond donors (Lipinski definition) is 1. The van der Waals surface area contributed by atoms with Crippen LogP contribution in [-0.2, 0) is 9.59 Å². The lowest BCUT2D eigenvalue weighted by Gasteiger charge is -2.10. The second kappa shape index (κ2) is 5.79. The Bertz CT molecular complexity index is 298. The van der Waals surface area contributed by atoms with Crippen molar-refractivity contribution in [1.82, 2.24) is 10.2 Å². The Kier molecular flexibility index (Phi) is 4.66. The third-order valence-corrected chi connectivity index (χ3v) is 3.07. The Morgan fingerprint density at radius 3 is 2.93 bits per heavy atom. The van der Waals surface area contributed by atoms with Gasteiger partial charge in [-0.25, -0.2) is 0 Å². The van der Waals surface area contributed by atoms with Crippen molar-refractivity contribution in [2.75, 3.05) is 25.1 Å². The van der Waals surface area contributed by atoms with E-state index in [-0.39, 0.29) is 24.3 Å². The Morgan fingerprint density at radius 1 is 1.67 bits per heavy atom. The van der Waals surface area contributed by atoms with Crippen molar-refractivity contribution in [2.45, 2.75) is 12.5 Å². The summed E-state index contributed by atoms with van der Waals surface area (Å²) in [4.78, 5) is 23.8. The first-order valence-electron chi connectivity index (χ1n) is 4.71. The van der Waals surface area contributed by atoms with E-state index in [0.717, 1.165) is 5.75 Å². The topological polar surface area (TPSA) is 49.4 Å². The molecule has 2 amide bonds. The first-order valence-corrected chi connectivity index (χ1v) is 5.87. The maximum atomic E-state index is 11.4. The first kappa shape index (κ1) is 12.1. The van der Waals surface area contributed by atoms with Gasteiger partial charge < -0.3 is 5.32 Å². The minimum Gasteiger partial charge on any atom is -0.305 e. The van der Waals surface area contributed by atoms with Crippen molar-refractivity contribution in [2.24, 2.45) is 0 Å². The van der Waals surface area contributed by atoms with Crippen LogP contribution in [0.4, 0.5) is 0 Å². The molecule has 1 unspecified atom stereocenters. The molecule has 15 heavy (non-hydrogen) atoms. The fraction of sp³-hybridized carbons (Fsp3) is 0.600. The molecule has 1 aliphatic rings. The van der Waals surface area contributed by atoms with Crippen LogP contribution in [0.15, 0.2) is 0 Å². The highest BCUT2D eigenvalue weighted by molar-refractivity contribution is 7.99. The van der Waals surface area contributed by atoms with E-state index in [4.69, 9.17) is 6.42 Å². The standard InChI is InChI=1S/C10H14N2O2S/c1-3-5-15-6-4-11-8-7-9(13)12(2)10(8)14/h1,8,11H,4-7H2,2H3. The summed E-state index contributed by atoms with van der Waals surface area (Å²) in [5.74, 6) is 3.80. The molecule has 0 aromatic rings. The predicted molar refractivity (Wildman–Crippen MR) is 60.3 cm³/mol. The zero-order valence-corrected chi connectivity index (χ0v) is 9.47. The molecule has 0 bridgehead atoms. The molecule has 0 radical (unpaired) electrons. The molecule has 1 saturated heterocycles. The summed E-state index contributed by atoms with van der Waals surface area (Å²) in [7, 11) is 1.51. The molecular weight excluding hydrogens is 212 g/mol. The number of rotatable bonds is 5. The number of nitrogens with one attached hydrogen (secondary N) is 1. The van der Waals surface area contributed by atoms with E-state index in [9.17, 15) is 9.59 Å². The first-order chi connectivity index (χ1) is 7.16. The number of carbonyl (C=O) groups excluding carboxylic acids is 2. The minimum absolute atomic E-state index is 0.117. The predicted octanol–water partition coefficient (Wildman–Crippen LogP) is -0.300. The summed E-state index contributed by atoms with van der Waals surface area (Å²) in [6, 6.07) is -0.339. The van der Waals surface area contributed by atoms with E-state index in [0.29, 0.717) is 12.3 Å². The van der Waals surface area contributed by atoms with Crippen molar-refractivity contribution in [3.63, 3.8) is 0 Å². The van der Waals surface area contributed by atoms with Crippen LogP contribution in [0.3, 0.4) is 0 Å². The van der Waals surface area contributed by atoms with E-state index in [1.165, 1.54) is 11.9 Å². The molecule has 1 aliphatic heterocycles. The minimum atomic E-state index is -0.339. The summed E-state index contributed by atoms with van der Waals surface area (Å²) >= 11 is 1.63. The van der Waals surface area contributed by atoms with Gasteiger partial charge in [0.05, 0.1) is 18.2 Å². The van der Waals surface area contributed by atoms with Crippen molar-refractivity contribution in [3.8, 4) is 12.3 Å². The molecule has 1 rings (SSSR count). The summed E-state index contributed by atoms with van der Waals surface area (Å²) < 4.78 is 0. The van der Waals surface area contributed by atoms with Gasteiger partial charge in [0, 0.05) is 19.3 Å². The van der Waals surface area contributed by atoms with Gasteiger partial charge in [-0.05, 0) is 0 Å². The zero-order valence-electron chi connectivity index (χ0n) is 8.66. The van der Waals surface area contributed by atoms with Gasteiger partial charge in [0.15, 0.2) is 0 Å². The quantitative estimate of drug-likeness (QED) is 0.397. The van der Waals surface area contributed by atoms with Crippen LogP contribution in [-0.4, -0.2) is 47.9 Å². The van der Waals surface area contributed by atoms with Gasteiger partial charge >= 0.3 is 0 Å². The van der Waals surface area contributed by atoms with Crippen molar-refractivity contribution in [1.29, 1.82) is 0 Å². The van der Waals surface area contributed by atoms with Crippen LogP contribution >= 0.6 is 11.8 Å². The lowest BCUT2D eigenvalue weighted by atomic mass is 10.2. The lowest BCUT2D eigenvalue weighted by molar-refractivity contribution is -0.137. The van der Waals surface area contributed by atoms with Crippen molar-refractivity contribution >= 4 is 23.6 Å². The molecule has 0 aromatic heterocycles. The smallest absolute Gasteiger partial charge is 0.246 e. The van der Waals surface area contributed by atoms with Crippen LogP contribution in [0, 0.1) is 12.3 Å². The van der Waals surface area contributed by atoms with Gasteiger partial charge in [0.1, 0.15) is 0 Å². The van der Waals surface area contributed by atoms with E-state index in [2.05, 4.69) is 11.2 Å². The molecule has 1 fully saturated rings. The number of likely N-dealkylation sites (tertiary alicyclic amines) is 1. The van der Waals surface area contributed by atoms with Gasteiger partial charge in [-0.15, -0.1) is 18.2 Å². The Balaban J connectivity index is 2.21. The fourth-order valence-electron chi connectivity index (χ4n) is 1.35. The van der Waals surface area contributed by atoms with Gasteiger partial charge in [0.2, 0.25) is 11.8 Å². The Hall–Kier alpha value is -0.990. The summed E-state index contributed by atoms with van der Waals surface area (Å²) in [5.41, 5.74) is 0. The monoisotopic (exact) mass is 226 g/mol. The van der Waals surface area contributed by atoms with E-state index >= 15 is 0 Å². The number of carbonyl (C=O) groups is 2. The second-order valence-electron chi connectivity index (χ2n) is 3.26. The maximum Gasteiger partial charge on any atom is 0.246 e.